The molecule has 12 heteroatoms. The van der Waals surface area contributed by atoms with E-state index >= 15 is 0 Å². The van der Waals surface area contributed by atoms with Gasteiger partial charge in [0.05, 0.1) is 27.3 Å². The van der Waals surface area contributed by atoms with Crippen LogP contribution in [0.2, 0.25) is 0 Å². The lowest BCUT2D eigenvalue weighted by atomic mass is 10.1. The zero-order valence-electron chi connectivity index (χ0n) is 21.0. The molecular formula is C27H26N4O6S2. The molecule has 4 aromatic rings. The molecule has 0 radical (unpaired) electrons. The minimum atomic E-state index is -3.79. The number of thiazole rings is 1. The van der Waals surface area contributed by atoms with Crippen LogP contribution in [-0.4, -0.2) is 72.5 Å². The van der Waals surface area contributed by atoms with Crippen molar-refractivity contribution < 1.29 is 27.9 Å². The fraction of sp³-hybridized carbons (Fsp3) is 0.222. The Morgan fingerprint density at radius 2 is 1.74 bits per heavy atom. The van der Waals surface area contributed by atoms with Gasteiger partial charge in [-0.1, -0.05) is 12.1 Å². The summed E-state index contributed by atoms with van der Waals surface area (Å²) < 4.78 is 33.5. The molecule has 1 fully saturated rings. The van der Waals surface area contributed by atoms with Gasteiger partial charge in [0.1, 0.15) is 10.8 Å². The van der Waals surface area contributed by atoms with Gasteiger partial charge in [-0.3, -0.25) is 4.79 Å². The number of hydrogen-bond acceptors (Lipinski definition) is 8. The van der Waals surface area contributed by atoms with Crippen LogP contribution in [0.4, 0.5) is 10.5 Å². The highest BCUT2D eigenvalue weighted by Crippen LogP contribution is 2.36. The number of fused-ring (bicyclic) bond motifs is 1. The van der Waals surface area contributed by atoms with E-state index in [2.05, 4.69) is 10.3 Å². The third-order valence-electron chi connectivity index (χ3n) is 6.30. The number of benzene rings is 3. The molecule has 5 rings (SSSR count). The summed E-state index contributed by atoms with van der Waals surface area (Å²) in [5, 5.41) is 13.8. The number of carbonyl (C=O) groups excluding carboxylic acids is 2. The van der Waals surface area contributed by atoms with Crippen LogP contribution in [0.1, 0.15) is 17.3 Å². The Kier molecular flexibility index (Phi) is 7.51. The normalized spacial score (nSPS) is 14.3. The predicted octanol–water partition coefficient (Wildman–Crippen LogP) is 4.38. The number of rotatable bonds is 6. The molecular weight excluding hydrogens is 540 g/mol. The molecule has 0 bridgehead atoms. The van der Waals surface area contributed by atoms with E-state index in [0.29, 0.717) is 16.3 Å². The number of aromatic hydroxyl groups is 1. The molecule has 0 atom stereocenters. The van der Waals surface area contributed by atoms with Crippen molar-refractivity contribution in [3.63, 3.8) is 0 Å². The maximum Gasteiger partial charge on any atom is 0.409 e. The second kappa shape index (κ2) is 11.0. The molecule has 0 unspecified atom stereocenters. The first kappa shape index (κ1) is 26.6. The SMILES string of the molecule is CCOC(=O)N1CCN(S(=O)(=O)c2ccc(C(=O)Nc3ccc(O)c(-c4nc5ccccc5s4)c3)cc2)CC1. The van der Waals surface area contributed by atoms with Gasteiger partial charge >= 0.3 is 6.09 Å². The lowest BCUT2D eigenvalue weighted by molar-refractivity contribution is 0.0933. The number of nitrogens with zero attached hydrogens (tertiary/aromatic N) is 3. The average Bonchev–Trinajstić information content (AvgIpc) is 3.38. The number of para-hydroxylation sites is 1. The third kappa shape index (κ3) is 5.58. The monoisotopic (exact) mass is 566 g/mol. The number of piperazine rings is 1. The average molecular weight is 567 g/mol. The van der Waals surface area contributed by atoms with Gasteiger partial charge < -0.3 is 20.1 Å². The topological polar surface area (TPSA) is 129 Å². The van der Waals surface area contributed by atoms with E-state index in [1.807, 2.05) is 24.3 Å². The first-order valence-electron chi connectivity index (χ1n) is 12.3. The van der Waals surface area contributed by atoms with Gasteiger partial charge in [0.15, 0.2) is 0 Å². The maximum atomic E-state index is 13.1. The summed E-state index contributed by atoms with van der Waals surface area (Å²) >= 11 is 1.44. The first-order valence-corrected chi connectivity index (χ1v) is 14.5. The number of sulfonamides is 1. The summed E-state index contributed by atoms with van der Waals surface area (Å²) in [6.45, 7) is 2.76. The van der Waals surface area contributed by atoms with Crippen molar-refractivity contribution in [1.29, 1.82) is 0 Å². The standard InChI is InChI=1S/C27H26N4O6S2/c1-2-37-27(34)30-13-15-31(16-14-30)39(35,36)20-10-7-18(8-11-20)25(33)28-19-9-12-23(32)21(17-19)26-29-22-5-3-4-6-24(22)38-26/h3-12,17,32H,2,13-16H2,1H3,(H,28,33). The van der Waals surface area contributed by atoms with Gasteiger partial charge in [0.2, 0.25) is 10.0 Å². The van der Waals surface area contributed by atoms with Crippen LogP contribution >= 0.6 is 11.3 Å². The lowest BCUT2D eigenvalue weighted by Gasteiger charge is -2.33. The van der Waals surface area contributed by atoms with E-state index in [9.17, 15) is 23.1 Å². The summed E-state index contributed by atoms with van der Waals surface area (Å²) in [5.41, 5.74) is 2.06. The summed E-state index contributed by atoms with van der Waals surface area (Å²) in [6.07, 6.45) is -0.453. The Labute approximate surface area is 229 Å². The Bertz CT molecular complexity index is 1590. The second-order valence-electron chi connectivity index (χ2n) is 8.79. The van der Waals surface area contributed by atoms with Crippen molar-refractivity contribution in [3.8, 4) is 16.3 Å². The fourth-order valence-corrected chi connectivity index (χ4v) is 6.64. The largest absolute Gasteiger partial charge is 0.507 e. The van der Waals surface area contributed by atoms with Crippen LogP contribution in [0.15, 0.2) is 71.6 Å². The Morgan fingerprint density at radius 1 is 1.03 bits per heavy atom. The van der Waals surface area contributed by atoms with E-state index in [0.717, 1.165) is 10.2 Å². The van der Waals surface area contributed by atoms with Gasteiger partial charge in [-0.25, -0.2) is 18.2 Å². The van der Waals surface area contributed by atoms with Gasteiger partial charge in [0.25, 0.3) is 5.91 Å². The molecule has 2 amide bonds. The van der Waals surface area contributed by atoms with Crippen LogP contribution in [0.25, 0.3) is 20.8 Å². The molecule has 10 nitrogen and oxygen atoms in total. The molecule has 0 aliphatic carbocycles. The molecule has 3 aromatic carbocycles. The minimum Gasteiger partial charge on any atom is -0.507 e. The molecule has 1 aromatic heterocycles. The number of amides is 2. The number of anilines is 1. The molecule has 1 saturated heterocycles. The molecule has 39 heavy (non-hydrogen) atoms. The molecule has 1 aliphatic heterocycles. The van der Waals surface area contributed by atoms with Gasteiger partial charge in [-0.15, -0.1) is 11.3 Å². The van der Waals surface area contributed by atoms with Crippen molar-refractivity contribution in [2.45, 2.75) is 11.8 Å². The predicted molar refractivity (Wildman–Crippen MR) is 148 cm³/mol. The van der Waals surface area contributed by atoms with Crippen LogP contribution in [0.5, 0.6) is 5.75 Å². The van der Waals surface area contributed by atoms with Crippen molar-refractivity contribution >= 4 is 49.3 Å². The molecule has 0 saturated carbocycles. The highest BCUT2D eigenvalue weighted by Gasteiger charge is 2.30. The highest BCUT2D eigenvalue weighted by atomic mass is 32.2. The van der Waals surface area contributed by atoms with Crippen LogP contribution < -0.4 is 5.32 Å². The number of phenolic OH excluding ortho intramolecular Hbond substituents is 1. The lowest BCUT2D eigenvalue weighted by Crippen LogP contribution is -2.50. The number of hydrogen-bond donors (Lipinski definition) is 2. The smallest absolute Gasteiger partial charge is 0.409 e. The van der Waals surface area contributed by atoms with E-state index in [4.69, 9.17) is 4.74 Å². The van der Waals surface area contributed by atoms with Gasteiger partial charge in [0, 0.05) is 37.4 Å². The number of ether oxygens (including phenoxy) is 1. The van der Waals surface area contributed by atoms with Gasteiger partial charge in [-0.05, 0) is 61.5 Å². The molecule has 1 aliphatic rings. The number of carbonyl (C=O) groups is 2. The Morgan fingerprint density at radius 3 is 2.44 bits per heavy atom. The van der Waals surface area contributed by atoms with Crippen LogP contribution in [0.3, 0.4) is 0 Å². The van der Waals surface area contributed by atoms with Crippen molar-refractivity contribution in [2.24, 2.45) is 0 Å². The molecule has 0 spiro atoms. The van der Waals surface area contributed by atoms with Gasteiger partial charge in [-0.2, -0.15) is 4.31 Å². The van der Waals surface area contributed by atoms with E-state index in [1.165, 1.54) is 50.9 Å². The summed E-state index contributed by atoms with van der Waals surface area (Å²) in [6, 6.07) is 18.1. The first-order chi connectivity index (χ1) is 18.8. The zero-order valence-corrected chi connectivity index (χ0v) is 22.7. The zero-order chi connectivity index (χ0) is 27.6. The number of phenols is 1. The Balaban J connectivity index is 1.27. The number of nitrogens with one attached hydrogen (secondary N) is 1. The number of aromatic nitrogens is 1. The molecule has 202 valence electrons. The molecule has 2 heterocycles. The molecule has 2 N–H and O–H groups in total. The fourth-order valence-electron chi connectivity index (χ4n) is 4.23. The minimum absolute atomic E-state index is 0.0460. The Hall–Kier alpha value is -4.00. The van der Waals surface area contributed by atoms with E-state index in [1.54, 1.807) is 19.1 Å². The van der Waals surface area contributed by atoms with Crippen molar-refractivity contribution in [2.75, 3.05) is 38.1 Å². The quantitative estimate of drug-likeness (QED) is 0.331. The van der Waals surface area contributed by atoms with E-state index < -0.39 is 22.0 Å². The summed E-state index contributed by atoms with van der Waals surface area (Å²) in [4.78, 5) is 30.9. The van der Waals surface area contributed by atoms with Crippen LogP contribution in [0, 0.1) is 0 Å². The van der Waals surface area contributed by atoms with Crippen LogP contribution in [-0.2, 0) is 14.8 Å². The third-order valence-corrected chi connectivity index (χ3v) is 9.28. The van der Waals surface area contributed by atoms with Crippen molar-refractivity contribution in [3.05, 3.63) is 72.3 Å². The van der Waals surface area contributed by atoms with E-state index in [-0.39, 0.29) is 49.0 Å². The maximum absolute atomic E-state index is 13.1. The second-order valence-corrected chi connectivity index (χ2v) is 11.8. The summed E-state index contributed by atoms with van der Waals surface area (Å²) in [7, 11) is -3.79. The van der Waals surface area contributed by atoms with Crippen molar-refractivity contribution in [1.82, 2.24) is 14.2 Å². The summed E-state index contributed by atoms with van der Waals surface area (Å²) in [5.74, 6) is -0.382. The highest BCUT2D eigenvalue weighted by molar-refractivity contribution is 7.89.